The van der Waals surface area contributed by atoms with E-state index < -0.39 is 12.1 Å². The van der Waals surface area contributed by atoms with Crippen molar-refractivity contribution in [3.63, 3.8) is 0 Å². The summed E-state index contributed by atoms with van der Waals surface area (Å²) in [5, 5.41) is 5.16. The number of amides is 2. The molecular formula is C14H19N3O4. The Balaban J connectivity index is 1.87. The monoisotopic (exact) mass is 293 g/mol. The number of alkyl carbamates (subject to hydrolysis) is 1. The molecule has 0 unspecified atom stereocenters. The molecule has 1 fully saturated rings. The topological polar surface area (TPSA) is 89.6 Å². The molecule has 2 amide bonds. The maximum absolute atomic E-state index is 11.9. The molecule has 1 aromatic heterocycles. The Bertz CT molecular complexity index is 507. The van der Waals surface area contributed by atoms with E-state index in [9.17, 15) is 9.59 Å². The van der Waals surface area contributed by atoms with Gasteiger partial charge in [-0.25, -0.2) is 9.78 Å². The average molecular weight is 293 g/mol. The lowest BCUT2D eigenvalue weighted by Crippen LogP contribution is -2.42. The molecule has 7 heteroatoms. The smallest absolute Gasteiger partial charge is 0.407 e. The Kier molecular flexibility index (Phi) is 5.36. The molecule has 0 bridgehead atoms. The van der Waals surface area contributed by atoms with E-state index in [0.717, 1.165) is 18.4 Å². The first-order valence-corrected chi connectivity index (χ1v) is 6.98. The summed E-state index contributed by atoms with van der Waals surface area (Å²) in [5.74, 6) is 0.238. The number of nitrogens with zero attached hydrogens (tertiary/aromatic N) is 1. The molecular weight excluding hydrogens is 274 g/mol. The highest BCUT2D eigenvalue weighted by Crippen LogP contribution is 2.14. The number of hydrogen-bond donors (Lipinski definition) is 2. The molecule has 1 aromatic rings. The van der Waals surface area contributed by atoms with Crippen LogP contribution in [-0.2, 0) is 16.1 Å². The van der Waals surface area contributed by atoms with Gasteiger partial charge in [-0.1, -0.05) is 19.4 Å². The first kappa shape index (κ1) is 15.1. The zero-order valence-electron chi connectivity index (χ0n) is 11.9. The largest absolute Gasteiger partial charge is 0.477 e. The average Bonchev–Trinajstić information content (AvgIpc) is 2.93. The molecule has 1 atom stereocenters. The normalized spacial score (nSPS) is 17.0. The minimum Gasteiger partial charge on any atom is -0.477 e. The summed E-state index contributed by atoms with van der Waals surface area (Å²) in [4.78, 5) is 26.9. The van der Waals surface area contributed by atoms with E-state index in [0.29, 0.717) is 19.0 Å². The quantitative estimate of drug-likeness (QED) is 0.732. The van der Waals surface area contributed by atoms with Crippen LogP contribution in [0.25, 0.3) is 0 Å². The molecule has 114 valence electrons. The Labute approximate surface area is 123 Å². The maximum atomic E-state index is 11.9. The van der Waals surface area contributed by atoms with Crippen LogP contribution in [-0.4, -0.2) is 36.2 Å². The summed E-state index contributed by atoms with van der Waals surface area (Å²) in [6.07, 6.45) is 3.08. The van der Waals surface area contributed by atoms with Gasteiger partial charge in [-0.15, -0.1) is 0 Å². The Morgan fingerprint density at radius 2 is 2.48 bits per heavy atom. The van der Waals surface area contributed by atoms with Gasteiger partial charge in [0.15, 0.2) is 0 Å². The van der Waals surface area contributed by atoms with Crippen molar-refractivity contribution in [2.75, 3.05) is 13.2 Å². The highest BCUT2D eigenvalue weighted by atomic mass is 16.6. The number of cyclic esters (lactones) is 1. The maximum Gasteiger partial charge on any atom is 0.407 e. The first-order chi connectivity index (χ1) is 10.2. The molecule has 0 spiro atoms. The van der Waals surface area contributed by atoms with Crippen molar-refractivity contribution in [1.82, 2.24) is 15.6 Å². The molecule has 0 aromatic carbocycles. The van der Waals surface area contributed by atoms with Crippen LogP contribution in [0.1, 0.15) is 25.3 Å². The number of aromatic nitrogens is 1. The van der Waals surface area contributed by atoms with Gasteiger partial charge in [0.05, 0.1) is 6.61 Å². The molecule has 2 heterocycles. The van der Waals surface area contributed by atoms with Crippen LogP contribution in [0.15, 0.2) is 18.3 Å². The van der Waals surface area contributed by atoms with Gasteiger partial charge in [0.25, 0.3) is 0 Å². The van der Waals surface area contributed by atoms with Crippen molar-refractivity contribution in [2.24, 2.45) is 0 Å². The lowest BCUT2D eigenvalue weighted by atomic mass is 10.2. The van der Waals surface area contributed by atoms with Gasteiger partial charge in [-0.3, -0.25) is 4.79 Å². The molecule has 1 saturated heterocycles. The van der Waals surface area contributed by atoms with Crippen LogP contribution >= 0.6 is 0 Å². The standard InChI is InChI=1S/C14H19N3O4/c1-2-3-7-20-13-10(5-4-6-15-13)8-16-12(18)11-9-21-14(19)17-11/h4-6,11H,2-3,7-9H2,1H3,(H,16,18)(H,17,19)/t11-/m1/s1. The number of ether oxygens (including phenoxy) is 2. The molecule has 2 rings (SSSR count). The Hall–Kier alpha value is -2.31. The molecule has 0 aliphatic carbocycles. The van der Waals surface area contributed by atoms with E-state index in [-0.39, 0.29) is 12.5 Å². The molecule has 1 aliphatic rings. The number of nitrogens with one attached hydrogen (secondary N) is 2. The number of rotatable bonds is 7. The van der Waals surface area contributed by atoms with Crippen LogP contribution in [0, 0.1) is 0 Å². The van der Waals surface area contributed by atoms with Crippen LogP contribution in [0.2, 0.25) is 0 Å². The van der Waals surface area contributed by atoms with Gasteiger partial charge in [0.1, 0.15) is 12.6 Å². The second kappa shape index (κ2) is 7.47. The summed E-state index contributed by atoms with van der Waals surface area (Å²) < 4.78 is 10.3. The molecule has 7 nitrogen and oxygen atoms in total. The van der Waals surface area contributed by atoms with Gasteiger partial charge >= 0.3 is 6.09 Å². The molecule has 21 heavy (non-hydrogen) atoms. The van der Waals surface area contributed by atoms with Crippen LogP contribution in [0.3, 0.4) is 0 Å². The van der Waals surface area contributed by atoms with E-state index >= 15 is 0 Å². The molecule has 1 aliphatic heterocycles. The number of pyridine rings is 1. The minimum absolute atomic E-state index is 0.0531. The van der Waals surface area contributed by atoms with Crippen LogP contribution in [0.4, 0.5) is 4.79 Å². The van der Waals surface area contributed by atoms with E-state index in [4.69, 9.17) is 4.74 Å². The summed E-state index contributed by atoms with van der Waals surface area (Å²) in [6.45, 7) is 3.03. The van der Waals surface area contributed by atoms with Gasteiger partial charge in [-0.2, -0.15) is 0 Å². The third-order valence-electron chi connectivity index (χ3n) is 3.03. The fourth-order valence-corrected chi connectivity index (χ4v) is 1.83. The van der Waals surface area contributed by atoms with Gasteiger partial charge in [0, 0.05) is 18.3 Å². The van der Waals surface area contributed by atoms with Gasteiger partial charge in [-0.05, 0) is 12.5 Å². The summed E-state index contributed by atoms with van der Waals surface area (Å²) >= 11 is 0. The summed E-state index contributed by atoms with van der Waals surface area (Å²) in [5.41, 5.74) is 0.798. The first-order valence-electron chi connectivity index (χ1n) is 6.98. The van der Waals surface area contributed by atoms with Crippen molar-refractivity contribution in [2.45, 2.75) is 32.4 Å². The Morgan fingerprint density at radius 3 is 3.19 bits per heavy atom. The fourth-order valence-electron chi connectivity index (χ4n) is 1.83. The number of carbonyl (C=O) groups is 2. The van der Waals surface area contributed by atoms with Gasteiger partial charge < -0.3 is 20.1 Å². The second-order valence-electron chi connectivity index (χ2n) is 4.68. The summed E-state index contributed by atoms with van der Waals surface area (Å²) in [7, 11) is 0. The highest BCUT2D eigenvalue weighted by Gasteiger charge is 2.28. The lowest BCUT2D eigenvalue weighted by Gasteiger charge is -2.12. The zero-order valence-corrected chi connectivity index (χ0v) is 11.9. The highest BCUT2D eigenvalue weighted by molar-refractivity contribution is 5.87. The number of carbonyl (C=O) groups excluding carboxylic acids is 2. The molecule has 2 N–H and O–H groups in total. The number of hydrogen-bond acceptors (Lipinski definition) is 5. The van der Waals surface area contributed by atoms with Gasteiger partial charge in [0.2, 0.25) is 11.8 Å². The Morgan fingerprint density at radius 1 is 1.62 bits per heavy atom. The van der Waals surface area contributed by atoms with Crippen molar-refractivity contribution in [3.05, 3.63) is 23.9 Å². The molecule has 0 saturated carbocycles. The summed E-state index contributed by atoms with van der Waals surface area (Å²) in [6, 6.07) is 2.99. The zero-order chi connectivity index (χ0) is 15.1. The van der Waals surface area contributed by atoms with Crippen molar-refractivity contribution in [1.29, 1.82) is 0 Å². The van der Waals surface area contributed by atoms with Crippen LogP contribution < -0.4 is 15.4 Å². The lowest BCUT2D eigenvalue weighted by molar-refractivity contribution is -0.123. The van der Waals surface area contributed by atoms with Crippen molar-refractivity contribution >= 4 is 12.0 Å². The predicted molar refractivity (Wildman–Crippen MR) is 74.8 cm³/mol. The van der Waals surface area contributed by atoms with Crippen molar-refractivity contribution < 1.29 is 19.1 Å². The van der Waals surface area contributed by atoms with Crippen molar-refractivity contribution in [3.8, 4) is 5.88 Å². The SMILES string of the molecule is CCCCOc1ncccc1CNC(=O)[C@H]1COC(=O)N1. The van der Waals surface area contributed by atoms with E-state index in [1.54, 1.807) is 12.3 Å². The third kappa shape index (κ3) is 4.34. The van der Waals surface area contributed by atoms with E-state index in [1.165, 1.54) is 0 Å². The van der Waals surface area contributed by atoms with Crippen LogP contribution in [0.5, 0.6) is 5.88 Å². The minimum atomic E-state index is -0.640. The van der Waals surface area contributed by atoms with E-state index in [2.05, 4.69) is 27.3 Å². The predicted octanol–water partition coefficient (Wildman–Crippen LogP) is 0.985. The molecule has 0 radical (unpaired) electrons. The van der Waals surface area contributed by atoms with E-state index in [1.807, 2.05) is 6.07 Å². The second-order valence-corrected chi connectivity index (χ2v) is 4.68. The fraction of sp³-hybridized carbons (Fsp3) is 0.500. The number of unbranched alkanes of at least 4 members (excludes halogenated alkanes) is 1. The third-order valence-corrected chi connectivity index (χ3v) is 3.03.